The molecule has 3 amide bonds. The molecule has 1 N–H and O–H groups in total. The van der Waals surface area contributed by atoms with Gasteiger partial charge in [-0.1, -0.05) is 0 Å². The van der Waals surface area contributed by atoms with Crippen molar-refractivity contribution in [2.75, 3.05) is 26.2 Å². The Bertz CT molecular complexity index is 808. The Balaban J connectivity index is 1.08. The molecule has 1 atom stereocenters. The molecule has 29 heavy (non-hydrogen) atoms. The number of hydrogen-bond acceptors (Lipinski definition) is 4. The maximum Gasteiger partial charge on any atom is 0.403 e. The summed E-state index contributed by atoms with van der Waals surface area (Å²) < 4.78 is 41.0. The van der Waals surface area contributed by atoms with Crippen molar-refractivity contribution in [3.8, 4) is 0 Å². The summed E-state index contributed by atoms with van der Waals surface area (Å²) in [6.45, 7) is 2.52. The van der Waals surface area contributed by atoms with Crippen molar-refractivity contribution in [1.29, 1.82) is 0 Å². The van der Waals surface area contributed by atoms with Crippen LogP contribution in [0.4, 0.5) is 18.0 Å². The number of aromatic nitrogens is 3. The Morgan fingerprint density at radius 1 is 1.07 bits per heavy atom. The molecule has 2 aliphatic heterocycles. The summed E-state index contributed by atoms with van der Waals surface area (Å²) in [7, 11) is 0. The zero-order chi connectivity index (χ0) is 20.4. The summed E-state index contributed by atoms with van der Waals surface area (Å²) in [5, 5.41) is 10.2. The number of alkyl halides is 3. The first-order chi connectivity index (χ1) is 13.7. The molecule has 1 aromatic rings. The van der Waals surface area contributed by atoms with Crippen molar-refractivity contribution >= 4 is 11.9 Å². The minimum atomic E-state index is -4.47. The fourth-order valence-electron chi connectivity index (χ4n) is 5.09. The van der Waals surface area contributed by atoms with Gasteiger partial charge in [0.05, 0.1) is 6.04 Å². The first-order valence-electron chi connectivity index (χ1n) is 9.97. The van der Waals surface area contributed by atoms with Gasteiger partial charge in [0.2, 0.25) is 5.91 Å². The molecule has 4 aliphatic rings. The molecule has 2 saturated carbocycles. The fraction of sp³-hybridized carbons (Fsp3) is 0.778. The fourth-order valence-corrected chi connectivity index (χ4v) is 5.09. The van der Waals surface area contributed by atoms with E-state index in [2.05, 4.69) is 15.5 Å². The molecule has 2 aliphatic carbocycles. The molecule has 1 spiro atoms. The van der Waals surface area contributed by atoms with Crippen LogP contribution < -0.4 is 5.32 Å². The van der Waals surface area contributed by atoms with Gasteiger partial charge >= 0.3 is 12.2 Å². The highest BCUT2D eigenvalue weighted by atomic mass is 19.4. The molecule has 4 fully saturated rings. The number of halogens is 3. The average Bonchev–Trinajstić information content (AvgIpc) is 3.03. The van der Waals surface area contributed by atoms with Gasteiger partial charge in [-0.05, 0) is 32.1 Å². The van der Waals surface area contributed by atoms with Crippen molar-refractivity contribution < 1.29 is 22.8 Å². The lowest BCUT2D eigenvalue weighted by atomic mass is 9.60. The number of amides is 3. The highest BCUT2D eigenvalue weighted by Gasteiger charge is 2.69. The van der Waals surface area contributed by atoms with Crippen LogP contribution >= 0.6 is 0 Å². The third kappa shape index (κ3) is 2.96. The highest BCUT2D eigenvalue weighted by molar-refractivity contribution is 5.86. The van der Waals surface area contributed by atoms with E-state index in [-0.39, 0.29) is 36.4 Å². The molecule has 0 bridgehead atoms. The van der Waals surface area contributed by atoms with E-state index < -0.39 is 17.5 Å². The summed E-state index contributed by atoms with van der Waals surface area (Å²) in [6, 6.07) is -0.0203. The third-order valence-electron chi connectivity index (χ3n) is 7.04. The van der Waals surface area contributed by atoms with Crippen LogP contribution in [-0.4, -0.2) is 74.9 Å². The predicted molar refractivity (Wildman–Crippen MR) is 93.5 cm³/mol. The largest absolute Gasteiger partial charge is 0.403 e. The molecular weight excluding hydrogens is 389 g/mol. The van der Waals surface area contributed by atoms with E-state index in [1.165, 1.54) is 0 Å². The minimum Gasteiger partial charge on any atom is -0.353 e. The van der Waals surface area contributed by atoms with Crippen LogP contribution in [0.5, 0.6) is 0 Å². The van der Waals surface area contributed by atoms with Gasteiger partial charge in [-0.15, -0.1) is 10.2 Å². The second-order valence-corrected chi connectivity index (χ2v) is 9.09. The first-order valence-corrected chi connectivity index (χ1v) is 9.97. The summed E-state index contributed by atoms with van der Waals surface area (Å²) in [5.41, 5.74) is -2.20. The SMILES string of the molecule is O=C(N1CC[C@H](n2cnnc2)C1)N1CC2(CC(NC(=O)C3(C(F)(F)F)CC3)C2)C1. The van der Waals surface area contributed by atoms with Gasteiger partial charge in [-0.25, -0.2) is 4.79 Å². The standard InChI is InChI=1S/C18H23F3N6O2/c19-18(20,21)17(2-3-17)14(28)24-12-5-16(6-12)8-26(9-16)15(29)25-4-1-13(7-25)27-10-22-23-11-27/h10-13H,1-9H2,(H,24,28)/t13-/m0/s1. The van der Waals surface area contributed by atoms with Crippen LogP contribution in [0.2, 0.25) is 0 Å². The summed E-state index contributed by atoms with van der Waals surface area (Å²) in [6.07, 6.45) is 0.744. The highest BCUT2D eigenvalue weighted by Crippen LogP contribution is 2.58. The van der Waals surface area contributed by atoms with Crippen LogP contribution in [0.15, 0.2) is 12.7 Å². The number of rotatable bonds is 3. The number of nitrogens with zero attached hydrogens (tertiary/aromatic N) is 5. The van der Waals surface area contributed by atoms with E-state index in [0.717, 1.165) is 6.42 Å². The molecule has 5 rings (SSSR count). The van der Waals surface area contributed by atoms with Gasteiger partial charge in [0.15, 0.2) is 0 Å². The van der Waals surface area contributed by atoms with Gasteiger partial charge in [0, 0.05) is 37.6 Å². The Labute approximate surface area is 165 Å². The quantitative estimate of drug-likeness (QED) is 0.817. The maximum atomic E-state index is 13.0. The number of likely N-dealkylation sites (tertiary alicyclic amines) is 2. The van der Waals surface area contributed by atoms with Crippen molar-refractivity contribution in [2.45, 2.75) is 50.4 Å². The van der Waals surface area contributed by atoms with Crippen molar-refractivity contribution in [1.82, 2.24) is 29.9 Å². The smallest absolute Gasteiger partial charge is 0.353 e. The van der Waals surface area contributed by atoms with Crippen molar-refractivity contribution in [3.63, 3.8) is 0 Å². The van der Waals surface area contributed by atoms with Crippen molar-refractivity contribution in [2.24, 2.45) is 10.8 Å². The topological polar surface area (TPSA) is 83.4 Å². The lowest BCUT2D eigenvalue weighted by molar-refractivity contribution is -0.193. The molecule has 11 heteroatoms. The molecule has 0 aromatic carbocycles. The lowest BCUT2D eigenvalue weighted by Crippen LogP contribution is -2.69. The van der Waals surface area contributed by atoms with E-state index in [1.54, 1.807) is 17.6 Å². The molecular formula is C18H23F3N6O2. The number of nitrogens with one attached hydrogen (secondary N) is 1. The molecule has 8 nitrogen and oxygen atoms in total. The number of carbonyl (C=O) groups is 2. The Kier molecular flexibility index (Phi) is 3.92. The molecule has 2 saturated heterocycles. The summed E-state index contributed by atoms with van der Waals surface area (Å²) >= 11 is 0. The molecule has 3 heterocycles. The Morgan fingerprint density at radius 2 is 1.72 bits per heavy atom. The number of hydrogen-bond donors (Lipinski definition) is 1. The van der Waals surface area contributed by atoms with Gasteiger partial charge in [-0.2, -0.15) is 13.2 Å². The monoisotopic (exact) mass is 412 g/mol. The zero-order valence-electron chi connectivity index (χ0n) is 15.9. The van der Waals surface area contributed by atoms with E-state index in [9.17, 15) is 22.8 Å². The van der Waals surface area contributed by atoms with Gasteiger partial charge in [0.25, 0.3) is 0 Å². The van der Waals surface area contributed by atoms with Crippen molar-refractivity contribution in [3.05, 3.63) is 12.7 Å². The Hall–Kier alpha value is -2.33. The van der Waals surface area contributed by atoms with E-state index in [0.29, 0.717) is 39.0 Å². The minimum absolute atomic E-state index is 0.00712. The molecule has 1 aromatic heterocycles. The second-order valence-electron chi connectivity index (χ2n) is 9.09. The summed E-state index contributed by atoms with van der Waals surface area (Å²) in [5.74, 6) is -0.880. The third-order valence-corrected chi connectivity index (χ3v) is 7.04. The Morgan fingerprint density at radius 3 is 2.31 bits per heavy atom. The van der Waals surface area contributed by atoms with E-state index >= 15 is 0 Å². The molecule has 0 unspecified atom stereocenters. The first kappa shape index (κ1) is 18.7. The molecule has 0 radical (unpaired) electrons. The van der Waals surface area contributed by atoms with Crippen LogP contribution in [-0.2, 0) is 4.79 Å². The van der Waals surface area contributed by atoms with Crippen LogP contribution in [0.3, 0.4) is 0 Å². The second kappa shape index (κ2) is 6.09. The van der Waals surface area contributed by atoms with Crippen LogP contribution in [0.1, 0.15) is 38.1 Å². The summed E-state index contributed by atoms with van der Waals surface area (Å²) in [4.78, 5) is 28.4. The van der Waals surface area contributed by atoms with E-state index in [1.807, 2.05) is 9.47 Å². The van der Waals surface area contributed by atoms with Gasteiger partial charge < -0.3 is 19.7 Å². The average molecular weight is 412 g/mol. The van der Waals surface area contributed by atoms with Crippen LogP contribution in [0, 0.1) is 10.8 Å². The zero-order valence-corrected chi connectivity index (χ0v) is 15.9. The maximum absolute atomic E-state index is 13.0. The van der Waals surface area contributed by atoms with E-state index in [4.69, 9.17) is 0 Å². The number of urea groups is 1. The normalized spacial score (nSPS) is 27.5. The number of carbonyl (C=O) groups excluding carboxylic acids is 2. The van der Waals surface area contributed by atoms with Gasteiger partial charge in [0.1, 0.15) is 18.1 Å². The van der Waals surface area contributed by atoms with Gasteiger partial charge in [-0.3, -0.25) is 4.79 Å². The van der Waals surface area contributed by atoms with Crippen LogP contribution in [0.25, 0.3) is 0 Å². The lowest BCUT2D eigenvalue weighted by Gasteiger charge is -2.59. The molecule has 158 valence electrons. The predicted octanol–water partition coefficient (Wildman–Crippen LogP) is 1.57.